The van der Waals surface area contributed by atoms with Crippen molar-refractivity contribution in [2.24, 2.45) is 5.92 Å². The largest absolute Gasteiger partial charge is 0.399 e. The van der Waals surface area contributed by atoms with Crippen LogP contribution in [0.3, 0.4) is 0 Å². The Morgan fingerprint density at radius 2 is 2.06 bits per heavy atom. The predicted octanol–water partition coefficient (Wildman–Crippen LogP) is -0.585. The summed E-state index contributed by atoms with van der Waals surface area (Å²) in [6.45, 7) is 1.52. The standard InChI is InChI=1S/C13H20N2O3/c14-11-3-1-2-9(4-11)5-15-6-10(8-16)13(18)12(17)7-15/h1-4,10,12-13,16-18H,5-8,14H2/t10-,12-,13-/m1/s1. The van der Waals surface area contributed by atoms with Gasteiger partial charge in [0.15, 0.2) is 0 Å². The van der Waals surface area contributed by atoms with E-state index in [0.717, 1.165) is 5.56 Å². The topological polar surface area (TPSA) is 90.0 Å². The average molecular weight is 252 g/mol. The monoisotopic (exact) mass is 252 g/mol. The van der Waals surface area contributed by atoms with Gasteiger partial charge in [-0.2, -0.15) is 0 Å². The molecule has 1 fully saturated rings. The quantitative estimate of drug-likeness (QED) is 0.540. The molecule has 0 saturated carbocycles. The third kappa shape index (κ3) is 3.00. The molecule has 0 radical (unpaired) electrons. The number of benzene rings is 1. The Kier molecular flexibility index (Phi) is 4.19. The molecule has 0 unspecified atom stereocenters. The van der Waals surface area contributed by atoms with Crippen molar-refractivity contribution in [3.05, 3.63) is 29.8 Å². The van der Waals surface area contributed by atoms with Gasteiger partial charge in [-0.05, 0) is 17.7 Å². The van der Waals surface area contributed by atoms with Crippen molar-refractivity contribution in [2.45, 2.75) is 18.8 Å². The highest BCUT2D eigenvalue weighted by molar-refractivity contribution is 5.40. The summed E-state index contributed by atoms with van der Waals surface area (Å²) in [4.78, 5) is 2.02. The first-order valence-electron chi connectivity index (χ1n) is 6.14. The Bertz CT molecular complexity index is 400. The van der Waals surface area contributed by atoms with Crippen LogP contribution in [-0.4, -0.2) is 52.1 Å². The number of piperidine rings is 1. The van der Waals surface area contributed by atoms with E-state index >= 15 is 0 Å². The maximum Gasteiger partial charge on any atom is 0.0929 e. The fourth-order valence-electron chi connectivity index (χ4n) is 2.45. The van der Waals surface area contributed by atoms with Crippen LogP contribution in [0, 0.1) is 5.92 Å². The smallest absolute Gasteiger partial charge is 0.0929 e. The zero-order chi connectivity index (χ0) is 13.1. The molecule has 3 atom stereocenters. The van der Waals surface area contributed by atoms with Crippen LogP contribution in [-0.2, 0) is 6.54 Å². The van der Waals surface area contributed by atoms with E-state index in [1.165, 1.54) is 0 Å². The van der Waals surface area contributed by atoms with Gasteiger partial charge in [0, 0.05) is 37.8 Å². The van der Waals surface area contributed by atoms with Gasteiger partial charge in [-0.1, -0.05) is 12.1 Å². The van der Waals surface area contributed by atoms with Crippen LogP contribution in [0.4, 0.5) is 5.69 Å². The number of nitrogens with two attached hydrogens (primary N) is 1. The van der Waals surface area contributed by atoms with Gasteiger partial charge in [0.05, 0.1) is 12.2 Å². The van der Waals surface area contributed by atoms with E-state index in [1.54, 1.807) is 0 Å². The number of nitrogen functional groups attached to an aromatic ring is 1. The van der Waals surface area contributed by atoms with E-state index in [4.69, 9.17) is 5.73 Å². The first-order valence-corrected chi connectivity index (χ1v) is 6.14. The van der Waals surface area contributed by atoms with E-state index in [9.17, 15) is 15.3 Å². The number of β-amino-alcohol motifs (C(OH)–C–C–N with tert-alkyl or cyclic N) is 1. The van der Waals surface area contributed by atoms with Gasteiger partial charge >= 0.3 is 0 Å². The number of hydrogen-bond acceptors (Lipinski definition) is 5. The summed E-state index contributed by atoms with van der Waals surface area (Å²) in [6, 6.07) is 7.59. The van der Waals surface area contributed by atoms with Gasteiger partial charge in [-0.15, -0.1) is 0 Å². The Morgan fingerprint density at radius 3 is 2.72 bits per heavy atom. The first-order chi connectivity index (χ1) is 8.60. The minimum atomic E-state index is -0.841. The molecule has 0 aliphatic carbocycles. The molecular weight excluding hydrogens is 232 g/mol. The summed E-state index contributed by atoms with van der Waals surface area (Å²) < 4.78 is 0. The summed E-state index contributed by atoms with van der Waals surface area (Å²) >= 11 is 0. The number of likely N-dealkylation sites (tertiary alicyclic amines) is 1. The van der Waals surface area contributed by atoms with Crippen LogP contribution < -0.4 is 5.73 Å². The Hall–Kier alpha value is -1.14. The van der Waals surface area contributed by atoms with Crippen molar-refractivity contribution >= 4 is 5.69 Å². The molecule has 0 amide bonds. The molecule has 1 aliphatic rings. The van der Waals surface area contributed by atoms with E-state index in [0.29, 0.717) is 25.3 Å². The fraction of sp³-hybridized carbons (Fsp3) is 0.538. The fourth-order valence-corrected chi connectivity index (χ4v) is 2.45. The maximum atomic E-state index is 9.75. The molecule has 1 aliphatic heterocycles. The Labute approximate surface area is 106 Å². The van der Waals surface area contributed by atoms with Crippen molar-refractivity contribution in [1.82, 2.24) is 4.90 Å². The van der Waals surface area contributed by atoms with Gasteiger partial charge in [0.2, 0.25) is 0 Å². The lowest BCUT2D eigenvalue weighted by molar-refractivity contribution is -0.0879. The number of aliphatic hydroxyl groups excluding tert-OH is 3. The second kappa shape index (κ2) is 5.67. The van der Waals surface area contributed by atoms with Crippen LogP contribution in [0.25, 0.3) is 0 Å². The highest BCUT2D eigenvalue weighted by Crippen LogP contribution is 2.20. The third-order valence-corrected chi connectivity index (χ3v) is 3.41. The highest BCUT2D eigenvalue weighted by Gasteiger charge is 2.33. The zero-order valence-corrected chi connectivity index (χ0v) is 10.2. The van der Waals surface area contributed by atoms with Crippen molar-refractivity contribution < 1.29 is 15.3 Å². The van der Waals surface area contributed by atoms with Crippen LogP contribution in [0.1, 0.15) is 5.56 Å². The summed E-state index contributed by atoms with van der Waals surface area (Å²) in [5, 5.41) is 28.7. The SMILES string of the molecule is Nc1cccc(CN2C[C@H](CO)[C@@H](O)[C@H](O)C2)c1. The van der Waals surface area contributed by atoms with Crippen LogP contribution in [0.5, 0.6) is 0 Å². The number of rotatable bonds is 3. The molecule has 1 aromatic rings. The average Bonchev–Trinajstić information content (AvgIpc) is 2.33. The molecule has 5 nitrogen and oxygen atoms in total. The molecule has 0 aromatic heterocycles. The van der Waals surface area contributed by atoms with Crippen LogP contribution >= 0.6 is 0 Å². The maximum absolute atomic E-state index is 9.75. The van der Waals surface area contributed by atoms with Crippen molar-refractivity contribution in [3.8, 4) is 0 Å². The van der Waals surface area contributed by atoms with Crippen LogP contribution in [0.15, 0.2) is 24.3 Å². The summed E-state index contributed by atoms with van der Waals surface area (Å²) in [7, 11) is 0. The molecule has 100 valence electrons. The van der Waals surface area contributed by atoms with Gasteiger partial charge in [0.1, 0.15) is 0 Å². The molecule has 1 saturated heterocycles. The lowest BCUT2D eigenvalue weighted by atomic mass is 9.93. The molecule has 5 N–H and O–H groups in total. The molecular formula is C13H20N2O3. The molecule has 0 bridgehead atoms. The van der Waals surface area contributed by atoms with Crippen LogP contribution in [0.2, 0.25) is 0 Å². The lowest BCUT2D eigenvalue weighted by Crippen LogP contribution is -2.53. The Balaban J connectivity index is 2.01. The van der Waals surface area contributed by atoms with Gasteiger partial charge < -0.3 is 21.1 Å². The minimum Gasteiger partial charge on any atom is -0.399 e. The number of anilines is 1. The van der Waals surface area contributed by atoms with E-state index in [2.05, 4.69) is 0 Å². The Morgan fingerprint density at radius 1 is 1.28 bits per heavy atom. The molecule has 1 heterocycles. The van der Waals surface area contributed by atoms with E-state index in [1.807, 2.05) is 29.2 Å². The molecule has 18 heavy (non-hydrogen) atoms. The summed E-state index contributed by atoms with van der Waals surface area (Å²) in [6.07, 6.45) is -1.65. The summed E-state index contributed by atoms with van der Waals surface area (Å²) in [5.41, 5.74) is 7.50. The van der Waals surface area contributed by atoms with Crippen molar-refractivity contribution in [2.75, 3.05) is 25.4 Å². The number of nitrogens with zero attached hydrogens (tertiary/aromatic N) is 1. The van der Waals surface area contributed by atoms with E-state index < -0.39 is 12.2 Å². The van der Waals surface area contributed by atoms with Gasteiger partial charge in [0.25, 0.3) is 0 Å². The second-order valence-electron chi connectivity index (χ2n) is 4.94. The van der Waals surface area contributed by atoms with E-state index in [-0.39, 0.29) is 12.5 Å². The number of aliphatic hydroxyl groups is 3. The third-order valence-electron chi connectivity index (χ3n) is 3.41. The number of hydrogen-bond donors (Lipinski definition) is 4. The molecule has 2 rings (SSSR count). The molecule has 1 aromatic carbocycles. The van der Waals surface area contributed by atoms with Crippen molar-refractivity contribution in [3.63, 3.8) is 0 Å². The lowest BCUT2D eigenvalue weighted by Gasteiger charge is -2.38. The van der Waals surface area contributed by atoms with Gasteiger partial charge in [-0.25, -0.2) is 0 Å². The van der Waals surface area contributed by atoms with Gasteiger partial charge in [-0.3, -0.25) is 4.90 Å². The van der Waals surface area contributed by atoms with Crippen molar-refractivity contribution in [1.29, 1.82) is 0 Å². The highest BCUT2D eigenvalue weighted by atomic mass is 16.3. The minimum absolute atomic E-state index is 0.119. The normalized spacial score (nSPS) is 29.4. The molecule has 0 spiro atoms. The second-order valence-corrected chi connectivity index (χ2v) is 4.94. The first kappa shape index (κ1) is 13.3. The zero-order valence-electron chi connectivity index (χ0n) is 10.2. The summed E-state index contributed by atoms with van der Waals surface area (Å²) in [5.74, 6) is -0.296. The molecule has 5 heteroatoms. The predicted molar refractivity (Wildman–Crippen MR) is 68.7 cm³/mol.